The Morgan fingerprint density at radius 2 is 2.17 bits per heavy atom. The van der Waals surface area contributed by atoms with Gasteiger partial charge in [-0.2, -0.15) is 0 Å². The van der Waals surface area contributed by atoms with Crippen LogP contribution in [0, 0.1) is 5.41 Å². The minimum atomic E-state index is -0.792. The van der Waals surface area contributed by atoms with E-state index in [1.54, 1.807) is 13.8 Å². The highest BCUT2D eigenvalue weighted by molar-refractivity contribution is 9.10. The van der Waals surface area contributed by atoms with Gasteiger partial charge in [0.15, 0.2) is 0 Å². The van der Waals surface area contributed by atoms with E-state index in [4.69, 9.17) is 4.74 Å². The van der Waals surface area contributed by atoms with Crippen LogP contribution in [-0.4, -0.2) is 17.2 Å². The van der Waals surface area contributed by atoms with Crippen molar-refractivity contribution in [2.24, 2.45) is 5.41 Å². The summed E-state index contributed by atoms with van der Waals surface area (Å²) in [6.07, 6.45) is 2.97. The summed E-state index contributed by atoms with van der Waals surface area (Å²) in [5, 5.41) is 9.20. The van der Waals surface area contributed by atoms with Crippen LogP contribution in [0.3, 0.4) is 0 Å². The maximum atomic E-state index is 11.2. The maximum Gasteiger partial charge on any atom is 0.309 e. The molecule has 1 aromatic rings. The second-order valence-corrected chi connectivity index (χ2v) is 6.35. The highest BCUT2D eigenvalue weighted by Gasteiger charge is 2.30. The summed E-state index contributed by atoms with van der Waals surface area (Å²) in [6, 6.07) is 5.78. The number of hydrogen-bond donors (Lipinski definition) is 1. The van der Waals surface area contributed by atoms with E-state index in [0.29, 0.717) is 12.5 Å². The number of carboxylic acids is 1. The predicted molar refractivity (Wildman–Crippen MR) is 72.9 cm³/mol. The Labute approximate surface area is 115 Å². The van der Waals surface area contributed by atoms with E-state index in [1.165, 1.54) is 0 Å². The van der Waals surface area contributed by atoms with Crippen LogP contribution in [0.2, 0.25) is 0 Å². The topological polar surface area (TPSA) is 46.5 Å². The smallest absolute Gasteiger partial charge is 0.309 e. The standard InChI is InChI=1S/C14H17BrO3/c1-14(2,13(16)17)8-9-7-10(15)3-6-12(9)18-11-4-5-11/h3,6-7,11H,4-5,8H2,1-2H3,(H,16,17). The zero-order valence-corrected chi connectivity index (χ0v) is 12.2. The monoisotopic (exact) mass is 312 g/mol. The van der Waals surface area contributed by atoms with Crippen molar-refractivity contribution in [3.05, 3.63) is 28.2 Å². The average molecular weight is 313 g/mol. The van der Waals surface area contributed by atoms with Gasteiger partial charge < -0.3 is 9.84 Å². The van der Waals surface area contributed by atoms with Gasteiger partial charge in [0.05, 0.1) is 11.5 Å². The molecule has 0 atom stereocenters. The van der Waals surface area contributed by atoms with Crippen molar-refractivity contribution in [1.82, 2.24) is 0 Å². The van der Waals surface area contributed by atoms with Crippen molar-refractivity contribution >= 4 is 21.9 Å². The largest absolute Gasteiger partial charge is 0.490 e. The predicted octanol–water partition coefficient (Wildman–Crippen LogP) is 3.64. The van der Waals surface area contributed by atoms with Gasteiger partial charge in [0.1, 0.15) is 5.75 Å². The van der Waals surface area contributed by atoms with Crippen LogP contribution in [0.5, 0.6) is 5.75 Å². The molecule has 0 spiro atoms. The Bertz CT molecular complexity index is 464. The summed E-state index contributed by atoms with van der Waals surface area (Å²) in [5.41, 5.74) is 0.159. The number of ether oxygens (including phenoxy) is 1. The highest BCUT2D eigenvalue weighted by atomic mass is 79.9. The summed E-state index contributed by atoms with van der Waals surface area (Å²) < 4.78 is 6.77. The van der Waals surface area contributed by atoms with Gasteiger partial charge in [-0.3, -0.25) is 4.79 Å². The van der Waals surface area contributed by atoms with Gasteiger partial charge >= 0.3 is 5.97 Å². The number of rotatable bonds is 5. The average Bonchev–Trinajstić information content (AvgIpc) is 3.05. The molecule has 0 unspecified atom stereocenters. The molecule has 18 heavy (non-hydrogen) atoms. The Kier molecular flexibility index (Phi) is 3.66. The second-order valence-electron chi connectivity index (χ2n) is 5.44. The van der Waals surface area contributed by atoms with Gasteiger partial charge in [0.25, 0.3) is 0 Å². The lowest BCUT2D eigenvalue weighted by Crippen LogP contribution is -2.26. The molecule has 1 aliphatic carbocycles. The molecule has 2 rings (SSSR count). The molecule has 0 heterocycles. The lowest BCUT2D eigenvalue weighted by molar-refractivity contribution is -0.146. The van der Waals surface area contributed by atoms with Crippen molar-refractivity contribution in [1.29, 1.82) is 0 Å². The van der Waals surface area contributed by atoms with Gasteiger partial charge in [-0.25, -0.2) is 0 Å². The molecule has 4 heteroatoms. The first-order chi connectivity index (χ1) is 8.38. The Balaban J connectivity index is 2.23. The Morgan fingerprint density at radius 3 is 2.72 bits per heavy atom. The van der Waals surface area contributed by atoms with Crippen molar-refractivity contribution in [3.8, 4) is 5.75 Å². The normalized spacial score (nSPS) is 15.5. The third-order valence-corrected chi connectivity index (χ3v) is 3.55. The van der Waals surface area contributed by atoms with E-state index >= 15 is 0 Å². The molecule has 0 aromatic heterocycles. The molecule has 0 saturated heterocycles. The molecule has 1 fully saturated rings. The van der Waals surface area contributed by atoms with Crippen LogP contribution in [-0.2, 0) is 11.2 Å². The minimum Gasteiger partial charge on any atom is -0.490 e. The summed E-state index contributed by atoms with van der Waals surface area (Å²) in [7, 11) is 0. The van der Waals surface area contributed by atoms with Gasteiger partial charge in [-0.1, -0.05) is 15.9 Å². The van der Waals surface area contributed by atoms with Crippen LogP contribution in [0.15, 0.2) is 22.7 Å². The van der Waals surface area contributed by atoms with Crippen LogP contribution < -0.4 is 4.74 Å². The fourth-order valence-electron chi connectivity index (χ4n) is 1.72. The molecule has 1 aliphatic rings. The van der Waals surface area contributed by atoms with Crippen molar-refractivity contribution in [3.63, 3.8) is 0 Å². The van der Waals surface area contributed by atoms with E-state index in [-0.39, 0.29) is 0 Å². The van der Waals surface area contributed by atoms with Crippen LogP contribution in [0.25, 0.3) is 0 Å². The number of carboxylic acid groups (broad SMARTS) is 1. The third-order valence-electron chi connectivity index (χ3n) is 3.05. The quantitative estimate of drug-likeness (QED) is 0.902. The molecule has 3 nitrogen and oxygen atoms in total. The number of hydrogen-bond acceptors (Lipinski definition) is 2. The molecule has 0 amide bonds. The van der Waals surface area contributed by atoms with Crippen molar-refractivity contribution in [2.75, 3.05) is 0 Å². The summed E-state index contributed by atoms with van der Waals surface area (Å²) in [4.78, 5) is 11.2. The van der Waals surface area contributed by atoms with E-state index in [0.717, 1.165) is 28.6 Å². The minimum absolute atomic E-state index is 0.317. The van der Waals surface area contributed by atoms with E-state index in [1.807, 2.05) is 18.2 Å². The molecule has 98 valence electrons. The fourth-order valence-corrected chi connectivity index (χ4v) is 2.13. The summed E-state index contributed by atoms with van der Waals surface area (Å²) >= 11 is 3.42. The van der Waals surface area contributed by atoms with Crippen molar-refractivity contribution in [2.45, 2.75) is 39.2 Å². The first kappa shape index (κ1) is 13.4. The number of carbonyl (C=O) groups is 1. The van der Waals surface area contributed by atoms with Crippen molar-refractivity contribution < 1.29 is 14.6 Å². The van der Waals surface area contributed by atoms with Gasteiger partial charge in [0, 0.05) is 4.47 Å². The number of aliphatic carboxylic acids is 1. The third kappa shape index (κ3) is 3.25. The SMILES string of the molecule is CC(C)(Cc1cc(Br)ccc1OC1CC1)C(=O)O. The lowest BCUT2D eigenvalue weighted by Gasteiger charge is -2.21. The van der Waals surface area contributed by atoms with Gasteiger partial charge in [-0.15, -0.1) is 0 Å². The second kappa shape index (κ2) is 4.92. The zero-order valence-electron chi connectivity index (χ0n) is 10.6. The zero-order chi connectivity index (χ0) is 13.3. The fraction of sp³-hybridized carbons (Fsp3) is 0.500. The van der Waals surface area contributed by atoms with E-state index in [2.05, 4.69) is 15.9 Å². The summed E-state index contributed by atoms with van der Waals surface area (Å²) in [6.45, 7) is 3.47. The highest BCUT2D eigenvalue weighted by Crippen LogP contribution is 2.34. The molecule has 0 bridgehead atoms. The molecule has 0 radical (unpaired) electrons. The maximum absolute atomic E-state index is 11.2. The first-order valence-corrected chi connectivity index (χ1v) is 6.86. The Hall–Kier alpha value is -1.03. The van der Waals surface area contributed by atoms with E-state index < -0.39 is 11.4 Å². The molecule has 1 N–H and O–H groups in total. The van der Waals surface area contributed by atoms with E-state index in [9.17, 15) is 9.90 Å². The van der Waals surface area contributed by atoms with Crippen LogP contribution in [0.1, 0.15) is 32.3 Å². The van der Waals surface area contributed by atoms with Gasteiger partial charge in [0.2, 0.25) is 0 Å². The first-order valence-electron chi connectivity index (χ1n) is 6.07. The van der Waals surface area contributed by atoms with Crippen LogP contribution in [0.4, 0.5) is 0 Å². The number of benzene rings is 1. The van der Waals surface area contributed by atoms with Gasteiger partial charge in [-0.05, 0) is 56.9 Å². The Morgan fingerprint density at radius 1 is 1.50 bits per heavy atom. The molecular formula is C14H17BrO3. The lowest BCUT2D eigenvalue weighted by atomic mass is 9.85. The molecule has 1 saturated carbocycles. The molecule has 0 aliphatic heterocycles. The molecule has 1 aromatic carbocycles. The summed E-state index contributed by atoms with van der Waals surface area (Å²) in [5.74, 6) is 0.0230. The molecular weight excluding hydrogens is 296 g/mol. The number of halogens is 1. The van der Waals surface area contributed by atoms with Crippen LogP contribution >= 0.6 is 15.9 Å².